The number of benzene rings is 2. The van der Waals surface area contributed by atoms with E-state index in [1.807, 2.05) is 24.3 Å². The number of ether oxygens (including phenoxy) is 1. The molecule has 6 nitrogen and oxygen atoms in total. The van der Waals surface area contributed by atoms with E-state index in [9.17, 15) is 8.42 Å². The highest BCUT2D eigenvalue weighted by Gasteiger charge is 2.22. The molecule has 0 radical (unpaired) electrons. The Hall–Kier alpha value is -2.54. The topological polar surface area (TPSA) is 79.8 Å². The van der Waals surface area contributed by atoms with Gasteiger partial charge in [0, 0.05) is 32.0 Å². The lowest BCUT2D eigenvalue weighted by molar-refractivity contribution is 0.296. The number of nitrogens with one attached hydrogen (secondary N) is 2. The summed E-state index contributed by atoms with van der Waals surface area (Å²) in [5.74, 6) is 2.29. The fraction of sp³-hybridized carbons (Fsp3) is 0.381. The highest BCUT2D eigenvalue weighted by molar-refractivity contribution is 7.90. The maximum absolute atomic E-state index is 11.5. The lowest BCUT2D eigenvalue weighted by Gasteiger charge is -2.15. The van der Waals surface area contributed by atoms with Crippen LogP contribution >= 0.6 is 0 Å². The number of nitrogens with zero attached hydrogens (tertiary/aromatic N) is 1. The Morgan fingerprint density at radius 1 is 1.07 bits per heavy atom. The normalized spacial score (nSPS) is 14.6. The van der Waals surface area contributed by atoms with Crippen molar-refractivity contribution in [2.75, 3.05) is 19.9 Å². The minimum absolute atomic E-state index is 0.321. The zero-order chi connectivity index (χ0) is 20.0. The molecule has 0 atom stereocenters. The fourth-order valence-corrected chi connectivity index (χ4v) is 3.35. The van der Waals surface area contributed by atoms with E-state index < -0.39 is 9.84 Å². The van der Waals surface area contributed by atoms with Crippen molar-refractivity contribution in [3.8, 4) is 5.75 Å². The van der Waals surface area contributed by atoms with E-state index in [4.69, 9.17) is 4.74 Å². The molecule has 2 N–H and O–H groups in total. The number of hydrogen-bond donors (Lipinski definition) is 2. The van der Waals surface area contributed by atoms with Crippen molar-refractivity contribution in [1.82, 2.24) is 10.6 Å². The average Bonchev–Trinajstić information content (AvgIpc) is 3.51. The third kappa shape index (κ3) is 5.99. The van der Waals surface area contributed by atoms with Gasteiger partial charge in [0.25, 0.3) is 0 Å². The predicted molar refractivity (Wildman–Crippen MR) is 111 cm³/mol. The number of guanidine groups is 1. The maximum Gasteiger partial charge on any atom is 0.191 e. The first-order valence-corrected chi connectivity index (χ1v) is 11.3. The standard InChI is InChI=1S/C21H27N3O3S/c1-22-21(23-13-16-9-11-19(12-10-16)28(2,25)26)24-14-18-5-3-4-6-20(18)27-15-17-7-8-17/h3-6,9-12,17H,7-8,13-15H2,1-2H3,(H2,22,23,24). The fourth-order valence-electron chi connectivity index (χ4n) is 2.72. The molecule has 1 aliphatic rings. The highest BCUT2D eigenvalue weighted by Crippen LogP contribution is 2.30. The molecule has 1 saturated carbocycles. The minimum Gasteiger partial charge on any atom is -0.493 e. The van der Waals surface area contributed by atoms with Gasteiger partial charge in [-0.25, -0.2) is 8.42 Å². The summed E-state index contributed by atoms with van der Waals surface area (Å²) >= 11 is 0. The van der Waals surface area contributed by atoms with Crippen molar-refractivity contribution in [2.45, 2.75) is 30.8 Å². The van der Waals surface area contributed by atoms with Gasteiger partial charge < -0.3 is 15.4 Å². The molecule has 0 aromatic heterocycles. The molecule has 0 spiro atoms. The van der Waals surface area contributed by atoms with E-state index in [1.54, 1.807) is 31.3 Å². The summed E-state index contributed by atoms with van der Waals surface area (Å²) in [7, 11) is -1.45. The van der Waals surface area contributed by atoms with E-state index in [0.29, 0.717) is 29.9 Å². The Balaban J connectivity index is 1.52. The molecule has 0 aliphatic heterocycles. The first kappa shape index (κ1) is 20.2. The molecule has 28 heavy (non-hydrogen) atoms. The van der Waals surface area contributed by atoms with Gasteiger partial charge >= 0.3 is 0 Å². The monoisotopic (exact) mass is 401 g/mol. The van der Waals surface area contributed by atoms with Crippen LogP contribution in [-0.4, -0.2) is 34.3 Å². The second-order valence-corrected chi connectivity index (χ2v) is 9.07. The van der Waals surface area contributed by atoms with Crippen molar-refractivity contribution in [2.24, 2.45) is 10.9 Å². The average molecular weight is 402 g/mol. The summed E-state index contributed by atoms with van der Waals surface area (Å²) in [6.45, 7) is 1.94. The van der Waals surface area contributed by atoms with Crippen molar-refractivity contribution >= 4 is 15.8 Å². The van der Waals surface area contributed by atoms with Gasteiger partial charge in [0.1, 0.15) is 5.75 Å². The number of rotatable bonds is 8. The van der Waals surface area contributed by atoms with Crippen LogP contribution in [0.3, 0.4) is 0 Å². The lowest BCUT2D eigenvalue weighted by Crippen LogP contribution is -2.36. The van der Waals surface area contributed by atoms with Gasteiger partial charge in [-0.2, -0.15) is 0 Å². The Morgan fingerprint density at radius 3 is 2.39 bits per heavy atom. The zero-order valence-electron chi connectivity index (χ0n) is 16.3. The molecule has 1 fully saturated rings. The molecule has 150 valence electrons. The summed E-state index contributed by atoms with van der Waals surface area (Å²) in [5.41, 5.74) is 2.06. The number of aliphatic imine (C=N–C) groups is 1. The van der Waals surface area contributed by atoms with E-state index in [1.165, 1.54) is 19.1 Å². The molecule has 0 heterocycles. The van der Waals surface area contributed by atoms with Crippen molar-refractivity contribution in [1.29, 1.82) is 0 Å². The largest absolute Gasteiger partial charge is 0.493 e. The summed E-state index contributed by atoms with van der Waals surface area (Å²) < 4.78 is 29.0. The number of hydrogen-bond acceptors (Lipinski definition) is 4. The van der Waals surface area contributed by atoms with Crippen molar-refractivity contribution < 1.29 is 13.2 Å². The van der Waals surface area contributed by atoms with E-state index in [-0.39, 0.29) is 0 Å². The first-order valence-electron chi connectivity index (χ1n) is 9.40. The third-order valence-corrected chi connectivity index (χ3v) is 5.75. The van der Waals surface area contributed by atoms with E-state index in [2.05, 4.69) is 15.6 Å². The van der Waals surface area contributed by atoms with Crippen molar-refractivity contribution in [3.05, 3.63) is 59.7 Å². The van der Waals surface area contributed by atoms with E-state index >= 15 is 0 Å². The van der Waals surface area contributed by atoms with Gasteiger partial charge in [-0.3, -0.25) is 4.99 Å². The van der Waals surface area contributed by atoms with Gasteiger partial charge in [0.15, 0.2) is 15.8 Å². The van der Waals surface area contributed by atoms with Crippen LogP contribution < -0.4 is 15.4 Å². The first-order chi connectivity index (χ1) is 13.5. The molecule has 0 bridgehead atoms. The number of para-hydroxylation sites is 1. The summed E-state index contributed by atoms with van der Waals surface area (Å²) in [6, 6.07) is 14.9. The Bertz CT molecular complexity index is 920. The SMILES string of the molecule is CN=C(NCc1ccc(S(C)(=O)=O)cc1)NCc1ccccc1OCC1CC1. The molecule has 2 aromatic carbocycles. The second kappa shape index (κ2) is 9.10. The zero-order valence-corrected chi connectivity index (χ0v) is 17.1. The third-order valence-electron chi connectivity index (χ3n) is 4.63. The molecule has 1 aliphatic carbocycles. The van der Waals surface area contributed by atoms with Crippen molar-refractivity contribution in [3.63, 3.8) is 0 Å². The quantitative estimate of drug-likeness (QED) is 0.525. The van der Waals surface area contributed by atoms with Crippen LogP contribution in [0, 0.1) is 5.92 Å². The van der Waals surface area contributed by atoms with Gasteiger partial charge in [-0.05, 0) is 42.5 Å². The van der Waals surface area contributed by atoms with Gasteiger partial charge in [-0.15, -0.1) is 0 Å². The van der Waals surface area contributed by atoms with Crippen LogP contribution in [0.1, 0.15) is 24.0 Å². The molecular weight excluding hydrogens is 374 g/mol. The molecule has 3 rings (SSSR count). The summed E-state index contributed by atoms with van der Waals surface area (Å²) in [4.78, 5) is 4.57. The lowest BCUT2D eigenvalue weighted by atomic mass is 10.2. The predicted octanol–water partition coefficient (Wildman–Crippen LogP) is 2.74. The van der Waals surface area contributed by atoms with Gasteiger partial charge in [0.2, 0.25) is 0 Å². The van der Waals surface area contributed by atoms with Crippen LogP contribution in [0.4, 0.5) is 0 Å². The second-order valence-electron chi connectivity index (χ2n) is 7.06. The minimum atomic E-state index is -3.17. The van der Waals surface area contributed by atoms with Crippen LogP contribution in [-0.2, 0) is 22.9 Å². The van der Waals surface area contributed by atoms with Crippen LogP contribution in [0.25, 0.3) is 0 Å². The number of sulfone groups is 1. The molecule has 0 saturated heterocycles. The summed E-state index contributed by atoms with van der Waals surface area (Å²) in [5, 5.41) is 6.54. The Kier molecular flexibility index (Phi) is 6.57. The molecule has 0 amide bonds. The molecular formula is C21H27N3O3S. The van der Waals surface area contributed by atoms with Crippen LogP contribution in [0.5, 0.6) is 5.75 Å². The molecule has 0 unspecified atom stereocenters. The van der Waals surface area contributed by atoms with E-state index in [0.717, 1.165) is 23.5 Å². The van der Waals surface area contributed by atoms with Crippen LogP contribution in [0.2, 0.25) is 0 Å². The Labute approximate surface area is 167 Å². The van der Waals surface area contributed by atoms with Gasteiger partial charge in [-0.1, -0.05) is 30.3 Å². The molecule has 2 aromatic rings. The smallest absolute Gasteiger partial charge is 0.191 e. The van der Waals surface area contributed by atoms with Crippen LogP contribution in [0.15, 0.2) is 58.4 Å². The maximum atomic E-state index is 11.5. The van der Waals surface area contributed by atoms with Gasteiger partial charge in [0.05, 0.1) is 11.5 Å². The summed E-state index contributed by atoms with van der Waals surface area (Å²) in [6.07, 6.45) is 3.74. The molecule has 7 heteroatoms. The highest BCUT2D eigenvalue weighted by atomic mass is 32.2. The Morgan fingerprint density at radius 2 is 1.75 bits per heavy atom.